The van der Waals surface area contributed by atoms with Crippen LogP contribution < -0.4 is 5.32 Å². The Balaban J connectivity index is 1.54. The summed E-state index contributed by atoms with van der Waals surface area (Å²) in [5.74, 6) is 1.85. The third kappa shape index (κ3) is 4.59. The van der Waals surface area contributed by atoms with E-state index in [4.69, 9.17) is 0 Å². The maximum Gasteiger partial charge on any atom is 0.00721 e. The van der Waals surface area contributed by atoms with Gasteiger partial charge in [-0.15, -0.1) is 0 Å². The van der Waals surface area contributed by atoms with Gasteiger partial charge >= 0.3 is 0 Å². The molecule has 1 aliphatic heterocycles. The smallest absolute Gasteiger partial charge is 0.00721 e. The molecule has 2 nitrogen and oxygen atoms in total. The molecule has 2 unspecified atom stereocenters. The predicted molar refractivity (Wildman–Crippen MR) is 74.3 cm³/mol. The summed E-state index contributed by atoms with van der Waals surface area (Å²) < 4.78 is 0. The van der Waals surface area contributed by atoms with Crippen molar-refractivity contribution in [1.29, 1.82) is 0 Å². The van der Waals surface area contributed by atoms with Crippen molar-refractivity contribution in [1.82, 2.24) is 10.2 Å². The Morgan fingerprint density at radius 3 is 2.29 bits per heavy atom. The zero-order chi connectivity index (χ0) is 12.1. The lowest BCUT2D eigenvalue weighted by atomic mass is 9.80. The molecule has 1 saturated carbocycles. The van der Waals surface area contributed by atoms with E-state index in [1.165, 1.54) is 64.7 Å². The number of hydrogen-bond donors (Lipinski definition) is 1. The summed E-state index contributed by atoms with van der Waals surface area (Å²) >= 11 is 0. The van der Waals surface area contributed by atoms with E-state index in [9.17, 15) is 0 Å². The zero-order valence-corrected chi connectivity index (χ0v) is 11.8. The highest BCUT2D eigenvalue weighted by molar-refractivity contribution is 4.79. The van der Waals surface area contributed by atoms with Crippen LogP contribution in [0.2, 0.25) is 0 Å². The largest absolute Gasteiger partial charge is 0.314 e. The molecule has 0 aromatic carbocycles. The summed E-state index contributed by atoms with van der Waals surface area (Å²) in [4.78, 5) is 2.62. The first-order valence-corrected chi connectivity index (χ1v) is 7.70. The Labute approximate surface area is 107 Å². The number of nitrogens with zero attached hydrogens (tertiary/aromatic N) is 1. The topological polar surface area (TPSA) is 15.3 Å². The molecule has 1 N–H and O–H groups in total. The lowest BCUT2D eigenvalue weighted by Gasteiger charge is -2.32. The van der Waals surface area contributed by atoms with Crippen LogP contribution in [0.1, 0.15) is 52.4 Å². The van der Waals surface area contributed by atoms with E-state index in [1.807, 2.05) is 0 Å². The quantitative estimate of drug-likeness (QED) is 0.741. The maximum absolute atomic E-state index is 3.78. The van der Waals surface area contributed by atoms with Crippen molar-refractivity contribution in [2.24, 2.45) is 11.8 Å². The van der Waals surface area contributed by atoms with Gasteiger partial charge < -0.3 is 10.2 Å². The molecule has 2 fully saturated rings. The molecule has 2 rings (SSSR count). The lowest BCUT2D eigenvalue weighted by Crippen LogP contribution is -2.37. The van der Waals surface area contributed by atoms with Crippen LogP contribution in [0.25, 0.3) is 0 Å². The van der Waals surface area contributed by atoms with E-state index in [1.54, 1.807) is 0 Å². The van der Waals surface area contributed by atoms with Crippen LogP contribution in [0.15, 0.2) is 0 Å². The van der Waals surface area contributed by atoms with Crippen LogP contribution in [-0.2, 0) is 0 Å². The van der Waals surface area contributed by atoms with Gasteiger partial charge in [0.1, 0.15) is 0 Å². The zero-order valence-electron chi connectivity index (χ0n) is 11.8. The van der Waals surface area contributed by atoms with Gasteiger partial charge in [0.25, 0.3) is 0 Å². The fraction of sp³-hybridized carbons (Fsp3) is 1.00. The number of hydrogen-bond acceptors (Lipinski definition) is 2. The Kier molecular flexibility index (Phi) is 5.30. The SMILES string of the molecule is CC1CC(C)CC(NCCCN2CCCC2)C1. The van der Waals surface area contributed by atoms with E-state index in [0.29, 0.717) is 0 Å². The van der Waals surface area contributed by atoms with Crippen LogP contribution >= 0.6 is 0 Å². The minimum absolute atomic E-state index is 0.798. The molecular weight excluding hydrogens is 208 g/mol. The fourth-order valence-corrected chi connectivity index (χ4v) is 3.73. The van der Waals surface area contributed by atoms with Crippen molar-refractivity contribution < 1.29 is 0 Å². The minimum atomic E-state index is 0.798. The van der Waals surface area contributed by atoms with Gasteiger partial charge in [0.05, 0.1) is 0 Å². The first-order valence-electron chi connectivity index (χ1n) is 7.70. The van der Waals surface area contributed by atoms with Crippen molar-refractivity contribution in [2.45, 2.75) is 58.4 Å². The van der Waals surface area contributed by atoms with Crippen LogP contribution in [0, 0.1) is 11.8 Å². The molecule has 2 aliphatic rings. The summed E-state index contributed by atoms with van der Waals surface area (Å²) in [6, 6.07) is 0.798. The Bertz CT molecular complexity index is 201. The van der Waals surface area contributed by atoms with Gasteiger partial charge in [-0.2, -0.15) is 0 Å². The van der Waals surface area contributed by atoms with Gasteiger partial charge in [-0.05, 0) is 76.5 Å². The normalized spacial score (nSPS) is 35.3. The van der Waals surface area contributed by atoms with E-state index < -0.39 is 0 Å². The molecule has 0 spiro atoms. The van der Waals surface area contributed by atoms with Crippen molar-refractivity contribution in [3.05, 3.63) is 0 Å². The monoisotopic (exact) mass is 238 g/mol. The molecule has 0 aromatic heterocycles. The number of nitrogens with one attached hydrogen (secondary N) is 1. The van der Waals surface area contributed by atoms with E-state index >= 15 is 0 Å². The Hall–Kier alpha value is -0.0800. The third-order valence-corrected chi connectivity index (χ3v) is 4.46. The second-order valence-electron chi connectivity index (χ2n) is 6.47. The summed E-state index contributed by atoms with van der Waals surface area (Å²) in [6.45, 7) is 10.0. The average molecular weight is 238 g/mol. The van der Waals surface area contributed by atoms with E-state index in [2.05, 4.69) is 24.1 Å². The average Bonchev–Trinajstić information content (AvgIpc) is 2.76. The highest BCUT2D eigenvalue weighted by Crippen LogP contribution is 2.28. The summed E-state index contributed by atoms with van der Waals surface area (Å²) in [6.07, 6.45) is 8.41. The summed E-state index contributed by atoms with van der Waals surface area (Å²) in [5, 5.41) is 3.78. The molecule has 0 amide bonds. The molecule has 100 valence electrons. The molecule has 2 atom stereocenters. The van der Waals surface area contributed by atoms with Crippen LogP contribution in [0.4, 0.5) is 0 Å². The molecule has 1 saturated heterocycles. The Morgan fingerprint density at radius 1 is 1.00 bits per heavy atom. The van der Waals surface area contributed by atoms with Gasteiger partial charge in [-0.3, -0.25) is 0 Å². The highest BCUT2D eigenvalue weighted by atomic mass is 15.1. The molecule has 0 radical (unpaired) electrons. The van der Waals surface area contributed by atoms with Crippen LogP contribution in [0.3, 0.4) is 0 Å². The number of rotatable bonds is 5. The second-order valence-corrected chi connectivity index (χ2v) is 6.47. The predicted octanol–water partition coefficient (Wildman–Crippen LogP) is 2.89. The van der Waals surface area contributed by atoms with Gasteiger partial charge in [-0.25, -0.2) is 0 Å². The van der Waals surface area contributed by atoms with E-state index in [-0.39, 0.29) is 0 Å². The van der Waals surface area contributed by atoms with Gasteiger partial charge in [0.15, 0.2) is 0 Å². The number of likely N-dealkylation sites (tertiary alicyclic amines) is 1. The third-order valence-electron chi connectivity index (χ3n) is 4.46. The first kappa shape index (κ1) is 13.4. The fourth-order valence-electron chi connectivity index (χ4n) is 3.73. The van der Waals surface area contributed by atoms with Gasteiger partial charge in [0, 0.05) is 6.04 Å². The van der Waals surface area contributed by atoms with Crippen molar-refractivity contribution >= 4 is 0 Å². The summed E-state index contributed by atoms with van der Waals surface area (Å²) in [7, 11) is 0. The van der Waals surface area contributed by atoms with Crippen LogP contribution in [0.5, 0.6) is 0 Å². The maximum atomic E-state index is 3.78. The Morgan fingerprint density at radius 2 is 1.65 bits per heavy atom. The van der Waals surface area contributed by atoms with Crippen molar-refractivity contribution in [3.8, 4) is 0 Å². The second kappa shape index (κ2) is 6.75. The molecular formula is C15H30N2. The molecule has 17 heavy (non-hydrogen) atoms. The molecule has 1 aliphatic carbocycles. The highest BCUT2D eigenvalue weighted by Gasteiger charge is 2.23. The lowest BCUT2D eigenvalue weighted by molar-refractivity contribution is 0.235. The molecule has 2 heteroatoms. The van der Waals surface area contributed by atoms with Crippen LogP contribution in [-0.4, -0.2) is 37.1 Å². The van der Waals surface area contributed by atoms with E-state index in [0.717, 1.165) is 17.9 Å². The molecule has 0 aromatic rings. The molecule has 1 heterocycles. The minimum Gasteiger partial charge on any atom is -0.314 e. The summed E-state index contributed by atoms with van der Waals surface area (Å²) in [5.41, 5.74) is 0. The standard InChI is InChI=1S/C15H30N2/c1-13-10-14(2)12-15(11-13)16-6-5-9-17-7-3-4-8-17/h13-16H,3-12H2,1-2H3. The van der Waals surface area contributed by atoms with Gasteiger partial charge in [-0.1, -0.05) is 13.8 Å². The van der Waals surface area contributed by atoms with Crippen molar-refractivity contribution in [2.75, 3.05) is 26.2 Å². The molecule has 0 bridgehead atoms. The first-order chi connectivity index (χ1) is 8.24. The van der Waals surface area contributed by atoms with Gasteiger partial charge in [0.2, 0.25) is 0 Å². The van der Waals surface area contributed by atoms with Crippen molar-refractivity contribution in [3.63, 3.8) is 0 Å².